The topological polar surface area (TPSA) is 66.8 Å². The molecule has 4 nitrogen and oxygen atoms in total. The molecule has 0 atom stereocenters. The van der Waals surface area contributed by atoms with Crippen LogP contribution in [0.15, 0.2) is 6.07 Å². The fourth-order valence-corrected chi connectivity index (χ4v) is 3.23. The molecule has 1 aromatic rings. The van der Waals surface area contributed by atoms with Gasteiger partial charge in [0.25, 0.3) is 0 Å². The summed E-state index contributed by atoms with van der Waals surface area (Å²) in [4.78, 5) is 10.8. The fraction of sp³-hybridized carbons (Fsp3) is 0.667. The fourth-order valence-electron chi connectivity index (χ4n) is 3.23. The van der Waals surface area contributed by atoms with E-state index in [2.05, 4.69) is 18.6 Å². The number of unbranched alkanes of at least 4 members (excludes halogenated alkanes) is 8. The molecule has 0 radical (unpaired) electrons. The van der Waals surface area contributed by atoms with Gasteiger partial charge in [-0.25, -0.2) is 9.18 Å². The maximum Gasteiger partial charge on any atom is 0.511 e. The van der Waals surface area contributed by atoms with Crippen LogP contribution in [0.3, 0.4) is 0 Å². The lowest BCUT2D eigenvalue weighted by atomic mass is 9.94. The Morgan fingerprint density at radius 1 is 0.923 bits per heavy atom. The summed E-state index contributed by atoms with van der Waals surface area (Å²) in [7, 11) is 0. The molecule has 5 heteroatoms. The molecule has 0 saturated carbocycles. The molecule has 0 bridgehead atoms. The Hall–Kier alpha value is -1.78. The quantitative estimate of drug-likeness (QED) is 0.233. The zero-order chi connectivity index (χ0) is 19.4. The van der Waals surface area contributed by atoms with E-state index in [9.17, 15) is 14.3 Å². The normalized spacial score (nSPS) is 10.9. The van der Waals surface area contributed by atoms with Crippen LogP contribution in [0.25, 0.3) is 0 Å². The average Bonchev–Trinajstić information content (AvgIpc) is 2.59. The third kappa shape index (κ3) is 7.63. The van der Waals surface area contributed by atoms with Gasteiger partial charge in [-0.2, -0.15) is 0 Å². The lowest BCUT2D eigenvalue weighted by Gasteiger charge is -2.15. The highest BCUT2D eigenvalue weighted by Crippen LogP contribution is 2.36. The summed E-state index contributed by atoms with van der Waals surface area (Å²) in [6.07, 6.45) is 10.1. The third-order valence-electron chi connectivity index (χ3n) is 4.69. The molecule has 0 amide bonds. The first kappa shape index (κ1) is 22.3. The van der Waals surface area contributed by atoms with Gasteiger partial charge in [-0.15, -0.1) is 0 Å². The molecule has 0 aliphatic carbocycles. The lowest BCUT2D eigenvalue weighted by Crippen LogP contribution is -2.07. The molecule has 0 saturated heterocycles. The number of benzene rings is 1. The molecule has 0 aliphatic heterocycles. The van der Waals surface area contributed by atoms with Crippen molar-refractivity contribution in [1.82, 2.24) is 0 Å². The summed E-state index contributed by atoms with van der Waals surface area (Å²) in [6, 6.07) is 0.991. The van der Waals surface area contributed by atoms with Crippen molar-refractivity contribution in [1.29, 1.82) is 0 Å². The molecule has 1 aromatic carbocycles. The van der Waals surface area contributed by atoms with Crippen molar-refractivity contribution in [3.8, 4) is 11.5 Å². The third-order valence-corrected chi connectivity index (χ3v) is 4.69. The highest BCUT2D eigenvalue weighted by atomic mass is 19.1. The van der Waals surface area contributed by atoms with Crippen LogP contribution >= 0.6 is 0 Å². The Labute approximate surface area is 156 Å². The van der Waals surface area contributed by atoms with Crippen molar-refractivity contribution >= 4 is 6.16 Å². The number of hydrogen-bond acceptors (Lipinski definition) is 3. The van der Waals surface area contributed by atoms with E-state index in [-0.39, 0.29) is 11.5 Å². The van der Waals surface area contributed by atoms with Crippen molar-refractivity contribution in [3.63, 3.8) is 0 Å². The van der Waals surface area contributed by atoms with Gasteiger partial charge in [0.1, 0.15) is 5.82 Å². The Morgan fingerprint density at radius 3 is 1.92 bits per heavy atom. The number of aromatic hydroxyl groups is 1. The number of ether oxygens (including phenoxy) is 1. The van der Waals surface area contributed by atoms with Gasteiger partial charge in [0, 0.05) is 11.6 Å². The predicted molar refractivity (Wildman–Crippen MR) is 102 cm³/mol. The Kier molecular flexibility index (Phi) is 10.7. The first-order valence-corrected chi connectivity index (χ1v) is 9.95. The summed E-state index contributed by atoms with van der Waals surface area (Å²) < 4.78 is 19.1. The Balaban J connectivity index is 2.89. The van der Waals surface area contributed by atoms with Crippen molar-refractivity contribution in [3.05, 3.63) is 23.0 Å². The monoisotopic (exact) mass is 368 g/mol. The minimum atomic E-state index is -1.55. The molecule has 0 aromatic heterocycles. The lowest BCUT2D eigenvalue weighted by molar-refractivity contribution is 0.142. The van der Waals surface area contributed by atoms with Gasteiger partial charge in [0.2, 0.25) is 0 Å². The number of rotatable bonds is 13. The second-order valence-corrected chi connectivity index (χ2v) is 6.86. The molecule has 0 heterocycles. The molecule has 1 rings (SSSR count). The SMILES string of the molecule is CCCCCCCc1c(F)cc(OC(=O)O)c(O)c1CCCCCCC. The number of carbonyl (C=O) groups is 1. The molecule has 0 spiro atoms. The summed E-state index contributed by atoms with van der Waals surface area (Å²) in [5.41, 5.74) is 1.01. The molecule has 0 fully saturated rings. The molecular formula is C21H33FO4. The van der Waals surface area contributed by atoms with Crippen LogP contribution in [0.1, 0.15) is 89.2 Å². The van der Waals surface area contributed by atoms with Crippen LogP contribution in [0, 0.1) is 5.82 Å². The largest absolute Gasteiger partial charge is 0.511 e. The van der Waals surface area contributed by atoms with Gasteiger partial charge in [0.15, 0.2) is 11.5 Å². The summed E-state index contributed by atoms with van der Waals surface area (Å²) in [5, 5.41) is 19.2. The highest BCUT2D eigenvalue weighted by molar-refractivity contribution is 5.64. The maximum atomic E-state index is 14.6. The van der Waals surface area contributed by atoms with E-state index in [0.29, 0.717) is 24.0 Å². The van der Waals surface area contributed by atoms with E-state index in [1.165, 1.54) is 6.42 Å². The molecule has 26 heavy (non-hydrogen) atoms. The standard InChI is InChI=1S/C21H33FO4/c1-3-5-7-9-11-13-16-17(14-12-10-8-6-4-2)20(23)19(15-18(16)22)26-21(24)25/h15,23H,3-14H2,1-2H3,(H,24,25). The predicted octanol–water partition coefficient (Wildman–Crippen LogP) is 6.61. The van der Waals surface area contributed by atoms with Crippen molar-refractivity contribution in [2.24, 2.45) is 0 Å². The Bertz CT molecular complexity index is 557. The first-order valence-electron chi connectivity index (χ1n) is 9.95. The van der Waals surface area contributed by atoms with E-state index in [4.69, 9.17) is 5.11 Å². The smallest absolute Gasteiger partial charge is 0.504 e. The van der Waals surface area contributed by atoms with Crippen LogP contribution in [0.4, 0.5) is 9.18 Å². The second kappa shape index (κ2) is 12.6. The van der Waals surface area contributed by atoms with Gasteiger partial charge in [-0.3, -0.25) is 0 Å². The van der Waals surface area contributed by atoms with Gasteiger partial charge in [-0.05, 0) is 31.2 Å². The van der Waals surface area contributed by atoms with Crippen molar-refractivity contribution < 1.29 is 24.1 Å². The van der Waals surface area contributed by atoms with Crippen LogP contribution < -0.4 is 4.74 Å². The number of phenols is 1. The number of phenolic OH excluding ortho intramolecular Hbond substituents is 1. The van der Waals surface area contributed by atoms with E-state index in [1.54, 1.807) is 0 Å². The molecular weight excluding hydrogens is 335 g/mol. The van der Waals surface area contributed by atoms with Crippen molar-refractivity contribution in [2.75, 3.05) is 0 Å². The van der Waals surface area contributed by atoms with E-state index < -0.39 is 12.0 Å². The minimum Gasteiger partial charge on any atom is -0.504 e. The number of hydrogen-bond donors (Lipinski definition) is 2. The number of halogens is 1. The number of carboxylic acid groups (broad SMARTS) is 1. The summed E-state index contributed by atoms with van der Waals surface area (Å²) >= 11 is 0. The zero-order valence-electron chi connectivity index (χ0n) is 16.2. The molecule has 0 aliphatic rings. The van der Waals surface area contributed by atoms with E-state index in [0.717, 1.165) is 63.9 Å². The van der Waals surface area contributed by atoms with Gasteiger partial charge >= 0.3 is 6.16 Å². The van der Waals surface area contributed by atoms with E-state index >= 15 is 0 Å². The molecule has 148 valence electrons. The first-order chi connectivity index (χ1) is 12.5. The van der Waals surface area contributed by atoms with Crippen LogP contribution in [-0.4, -0.2) is 16.4 Å². The highest BCUT2D eigenvalue weighted by Gasteiger charge is 2.20. The van der Waals surface area contributed by atoms with E-state index in [1.807, 2.05) is 0 Å². The zero-order valence-corrected chi connectivity index (χ0v) is 16.2. The summed E-state index contributed by atoms with van der Waals surface area (Å²) in [6.45, 7) is 4.29. The van der Waals surface area contributed by atoms with Crippen molar-refractivity contribution in [2.45, 2.75) is 90.9 Å². The second-order valence-electron chi connectivity index (χ2n) is 6.86. The molecule has 2 N–H and O–H groups in total. The van der Waals surface area contributed by atoms with Gasteiger partial charge < -0.3 is 14.9 Å². The minimum absolute atomic E-state index is 0.229. The maximum absolute atomic E-state index is 14.6. The molecule has 0 unspecified atom stereocenters. The van der Waals surface area contributed by atoms with Crippen LogP contribution in [0.2, 0.25) is 0 Å². The van der Waals surface area contributed by atoms with Crippen LogP contribution in [-0.2, 0) is 12.8 Å². The average molecular weight is 368 g/mol. The Morgan fingerprint density at radius 2 is 1.42 bits per heavy atom. The van der Waals surface area contributed by atoms with Crippen LogP contribution in [0.5, 0.6) is 11.5 Å². The van der Waals surface area contributed by atoms with Gasteiger partial charge in [-0.1, -0.05) is 65.2 Å². The summed E-state index contributed by atoms with van der Waals surface area (Å²) in [5.74, 6) is -1.03. The van der Waals surface area contributed by atoms with Gasteiger partial charge in [0.05, 0.1) is 0 Å².